The number of carbonyl (C=O) groups excluding carboxylic acids is 1. The van der Waals surface area contributed by atoms with Gasteiger partial charge in [0.15, 0.2) is 5.82 Å². The number of benzene rings is 2. The van der Waals surface area contributed by atoms with Crippen LogP contribution in [0.1, 0.15) is 12.8 Å². The summed E-state index contributed by atoms with van der Waals surface area (Å²) in [4.78, 5) is 21.1. The van der Waals surface area contributed by atoms with Crippen LogP contribution < -0.4 is 15.4 Å². The van der Waals surface area contributed by atoms with E-state index in [1.165, 1.54) is 0 Å². The highest BCUT2D eigenvalue weighted by atomic mass is 16.5. The number of hydrogen-bond acceptors (Lipinski definition) is 5. The van der Waals surface area contributed by atoms with Crippen molar-refractivity contribution >= 4 is 22.6 Å². The molecular weight excluding hydrogens is 340 g/mol. The maximum atomic E-state index is 11.7. The van der Waals surface area contributed by atoms with Gasteiger partial charge in [-0.15, -0.1) is 0 Å². The third-order valence-electron chi connectivity index (χ3n) is 4.62. The van der Waals surface area contributed by atoms with Gasteiger partial charge in [0.1, 0.15) is 11.6 Å². The fourth-order valence-corrected chi connectivity index (χ4v) is 2.94. The fraction of sp³-hybridized carbons (Fsp3) is 0.286. The van der Waals surface area contributed by atoms with Crippen molar-refractivity contribution in [2.75, 3.05) is 25.5 Å². The summed E-state index contributed by atoms with van der Waals surface area (Å²) >= 11 is 0. The summed E-state index contributed by atoms with van der Waals surface area (Å²) < 4.78 is 5.22. The molecule has 0 saturated heterocycles. The Hall–Kier alpha value is -3.15. The predicted molar refractivity (Wildman–Crippen MR) is 106 cm³/mol. The number of amides is 1. The molecule has 2 aromatic carbocycles. The molecule has 6 nitrogen and oxygen atoms in total. The summed E-state index contributed by atoms with van der Waals surface area (Å²) in [5, 5.41) is 7.27. The third kappa shape index (κ3) is 4.00. The summed E-state index contributed by atoms with van der Waals surface area (Å²) in [5.41, 5.74) is 1.80. The van der Waals surface area contributed by atoms with Gasteiger partial charge in [0.05, 0.1) is 12.6 Å². The molecule has 4 rings (SSSR count). The molecule has 0 spiro atoms. The predicted octanol–water partition coefficient (Wildman–Crippen LogP) is 3.24. The Balaban J connectivity index is 1.55. The van der Waals surface area contributed by atoms with E-state index in [2.05, 4.69) is 15.6 Å². The average molecular weight is 362 g/mol. The summed E-state index contributed by atoms with van der Waals surface area (Å²) in [6.07, 6.45) is 2.03. The van der Waals surface area contributed by atoms with Crippen LogP contribution >= 0.6 is 0 Å². The van der Waals surface area contributed by atoms with Crippen molar-refractivity contribution in [3.05, 3.63) is 48.5 Å². The molecule has 1 aliphatic rings. The van der Waals surface area contributed by atoms with Crippen LogP contribution in [0, 0.1) is 5.92 Å². The Labute approximate surface area is 158 Å². The second-order valence-corrected chi connectivity index (χ2v) is 6.63. The monoisotopic (exact) mass is 362 g/mol. The van der Waals surface area contributed by atoms with Crippen LogP contribution in [-0.4, -0.2) is 36.1 Å². The molecule has 1 heterocycles. The van der Waals surface area contributed by atoms with Crippen LogP contribution in [0.25, 0.3) is 22.3 Å². The Morgan fingerprint density at radius 3 is 2.59 bits per heavy atom. The number of rotatable bonds is 7. The van der Waals surface area contributed by atoms with Crippen LogP contribution in [0.3, 0.4) is 0 Å². The first-order valence-corrected chi connectivity index (χ1v) is 9.17. The lowest BCUT2D eigenvalue weighted by atomic mass is 10.1. The highest BCUT2D eigenvalue weighted by Gasteiger charge is 2.28. The minimum Gasteiger partial charge on any atom is -0.497 e. The van der Waals surface area contributed by atoms with Crippen LogP contribution in [-0.2, 0) is 4.79 Å². The summed E-state index contributed by atoms with van der Waals surface area (Å²) in [6, 6.07) is 15.6. The van der Waals surface area contributed by atoms with E-state index in [-0.39, 0.29) is 11.8 Å². The highest BCUT2D eigenvalue weighted by molar-refractivity contribution is 5.90. The SMILES string of the molecule is COc1ccc(-c2nc(NCCNC(=O)C3CC3)c3ccccc3n2)cc1. The first-order valence-electron chi connectivity index (χ1n) is 9.17. The van der Waals surface area contributed by atoms with Crippen molar-refractivity contribution in [1.29, 1.82) is 0 Å². The minimum atomic E-state index is 0.156. The summed E-state index contributed by atoms with van der Waals surface area (Å²) in [6.45, 7) is 1.19. The molecule has 1 saturated carbocycles. The number of aromatic nitrogens is 2. The number of hydrogen-bond donors (Lipinski definition) is 2. The van der Waals surface area contributed by atoms with Crippen LogP contribution in [0.4, 0.5) is 5.82 Å². The molecule has 6 heteroatoms. The second kappa shape index (κ2) is 7.61. The normalized spacial score (nSPS) is 13.4. The number of para-hydroxylation sites is 1. The molecule has 0 radical (unpaired) electrons. The maximum Gasteiger partial charge on any atom is 0.223 e. The van der Waals surface area contributed by atoms with Gasteiger partial charge in [-0.1, -0.05) is 12.1 Å². The molecular formula is C21H22N4O2. The number of fused-ring (bicyclic) bond motifs is 1. The Morgan fingerprint density at radius 1 is 1.07 bits per heavy atom. The average Bonchev–Trinajstić information content (AvgIpc) is 3.56. The molecule has 0 bridgehead atoms. The lowest BCUT2D eigenvalue weighted by molar-refractivity contribution is -0.122. The molecule has 138 valence electrons. The van der Waals surface area contributed by atoms with E-state index >= 15 is 0 Å². The van der Waals surface area contributed by atoms with Gasteiger partial charge in [-0.05, 0) is 49.2 Å². The van der Waals surface area contributed by atoms with Gasteiger partial charge in [-0.25, -0.2) is 9.97 Å². The van der Waals surface area contributed by atoms with Crippen LogP contribution in [0.15, 0.2) is 48.5 Å². The van der Waals surface area contributed by atoms with E-state index in [0.29, 0.717) is 18.9 Å². The highest BCUT2D eigenvalue weighted by Crippen LogP contribution is 2.28. The molecule has 1 aromatic heterocycles. The molecule has 2 N–H and O–H groups in total. The second-order valence-electron chi connectivity index (χ2n) is 6.63. The number of nitrogens with zero attached hydrogens (tertiary/aromatic N) is 2. The van der Waals surface area contributed by atoms with E-state index in [1.54, 1.807) is 7.11 Å². The first-order chi connectivity index (χ1) is 13.2. The molecule has 3 aromatic rings. The Morgan fingerprint density at radius 2 is 1.85 bits per heavy atom. The lowest BCUT2D eigenvalue weighted by Gasteiger charge is -2.12. The molecule has 27 heavy (non-hydrogen) atoms. The van der Waals surface area contributed by atoms with Crippen molar-refractivity contribution in [1.82, 2.24) is 15.3 Å². The van der Waals surface area contributed by atoms with Gasteiger partial charge in [0.25, 0.3) is 0 Å². The Kier molecular flexibility index (Phi) is 4.87. The van der Waals surface area contributed by atoms with E-state index in [0.717, 1.165) is 40.9 Å². The number of anilines is 1. The topological polar surface area (TPSA) is 76.1 Å². The molecule has 1 fully saturated rings. The van der Waals surface area contributed by atoms with E-state index in [4.69, 9.17) is 9.72 Å². The van der Waals surface area contributed by atoms with Gasteiger partial charge >= 0.3 is 0 Å². The van der Waals surface area contributed by atoms with Crippen molar-refractivity contribution < 1.29 is 9.53 Å². The first kappa shape index (κ1) is 17.3. The van der Waals surface area contributed by atoms with Gasteiger partial charge < -0.3 is 15.4 Å². The van der Waals surface area contributed by atoms with Gasteiger partial charge in [0.2, 0.25) is 5.91 Å². The van der Waals surface area contributed by atoms with Crippen LogP contribution in [0.2, 0.25) is 0 Å². The minimum absolute atomic E-state index is 0.156. The molecule has 1 amide bonds. The molecule has 0 unspecified atom stereocenters. The standard InChI is InChI=1S/C21H22N4O2/c1-27-16-10-8-14(9-11-16)19-24-18-5-3-2-4-17(18)20(25-19)22-12-13-23-21(26)15-6-7-15/h2-5,8-11,15H,6-7,12-13H2,1H3,(H,23,26)(H,22,24,25). The zero-order chi connectivity index (χ0) is 18.6. The summed E-state index contributed by atoms with van der Waals surface area (Å²) in [5.74, 6) is 2.60. The molecule has 0 aliphatic heterocycles. The van der Waals surface area contributed by atoms with Crippen molar-refractivity contribution in [3.63, 3.8) is 0 Å². The van der Waals surface area contributed by atoms with E-state index in [1.807, 2.05) is 48.5 Å². The third-order valence-corrected chi connectivity index (χ3v) is 4.62. The van der Waals surface area contributed by atoms with Gasteiger partial charge in [0, 0.05) is 30.0 Å². The molecule has 0 atom stereocenters. The number of ether oxygens (including phenoxy) is 1. The molecule has 1 aliphatic carbocycles. The zero-order valence-electron chi connectivity index (χ0n) is 15.2. The largest absolute Gasteiger partial charge is 0.497 e. The van der Waals surface area contributed by atoms with Crippen molar-refractivity contribution in [3.8, 4) is 17.1 Å². The summed E-state index contributed by atoms with van der Waals surface area (Å²) in [7, 11) is 1.64. The number of methoxy groups -OCH3 is 1. The lowest BCUT2D eigenvalue weighted by Crippen LogP contribution is -2.30. The van der Waals surface area contributed by atoms with Gasteiger partial charge in [-0.2, -0.15) is 0 Å². The Bertz CT molecular complexity index is 952. The quantitative estimate of drug-likeness (QED) is 0.631. The number of nitrogens with one attached hydrogen (secondary N) is 2. The van der Waals surface area contributed by atoms with Gasteiger partial charge in [-0.3, -0.25) is 4.79 Å². The smallest absolute Gasteiger partial charge is 0.223 e. The van der Waals surface area contributed by atoms with E-state index < -0.39 is 0 Å². The number of carbonyl (C=O) groups is 1. The van der Waals surface area contributed by atoms with Crippen molar-refractivity contribution in [2.24, 2.45) is 5.92 Å². The van der Waals surface area contributed by atoms with Crippen LogP contribution in [0.5, 0.6) is 5.75 Å². The van der Waals surface area contributed by atoms with E-state index in [9.17, 15) is 4.79 Å². The fourth-order valence-electron chi connectivity index (χ4n) is 2.94. The van der Waals surface area contributed by atoms with Crippen molar-refractivity contribution in [2.45, 2.75) is 12.8 Å². The maximum absolute atomic E-state index is 11.7. The zero-order valence-corrected chi connectivity index (χ0v) is 15.2.